The van der Waals surface area contributed by atoms with Gasteiger partial charge in [0.15, 0.2) is 0 Å². The molecule has 2 aromatic carbocycles. The molecule has 1 N–H and O–H groups in total. The van der Waals surface area contributed by atoms with Crippen molar-refractivity contribution in [2.45, 2.75) is 4.90 Å². The van der Waals surface area contributed by atoms with Crippen molar-refractivity contribution in [2.24, 2.45) is 0 Å². The van der Waals surface area contributed by atoms with Crippen LogP contribution in [-0.2, 0) is 10.8 Å². The molecular weight excluding hydrogens is 265 g/mol. The number of rotatable bonds is 3. The molecule has 3 nitrogen and oxygen atoms in total. The van der Waals surface area contributed by atoms with Gasteiger partial charge in [-0.25, -0.2) is 4.39 Å². The number of carbonyl (C=O) groups is 1. The molecule has 0 aliphatic rings. The zero-order valence-corrected chi connectivity index (χ0v) is 11.0. The number of nitrogens with one attached hydrogen (secondary N) is 1. The lowest BCUT2D eigenvalue weighted by molar-refractivity contribution is 0.102. The van der Waals surface area contributed by atoms with Crippen molar-refractivity contribution in [3.05, 3.63) is 59.9 Å². The summed E-state index contributed by atoms with van der Waals surface area (Å²) in [6.07, 6.45) is 1.56. The van der Waals surface area contributed by atoms with Crippen LogP contribution in [0.5, 0.6) is 0 Å². The Morgan fingerprint density at radius 2 is 1.89 bits per heavy atom. The van der Waals surface area contributed by atoms with Crippen LogP contribution in [0.2, 0.25) is 0 Å². The molecule has 1 amide bonds. The molecule has 5 heteroatoms. The van der Waals surface area contributed by atoms with E-state index in [4.69, 9.17) is 0 Å². The first kappa shape index (κ1) is 13.4. The summed E-state index contributed by atoms with van der Waals surface area (Å²) in [6, 6.07) is 12.2. The molecule has 0 bridgehead atoms. The molecule has 0 fully saturated rings. The fourth-order valence-corrected chi connectivity index (χ4v) is 2.15. The molecule has 0 aromatic heterocycles. The zero-order chi connectivity index (χ0) is 13.8. The Kier molecular flexibility index (Phi) is 4.06. The molecule has 2 aromatic rings. The van der Waals surface area contributed by atoms with Crippen molar-refractivity contribution in [3.63, 3.8) is 0 Å². The van der Waals surface area contributed by atoms with E-state index in [-0.39, 0.29) is 5.56 Å². The predicted octanol–water partition coefficient (Wildman–Crippen LogP) is 2.82. The lowest BCUT2D eigenvalue weighted by atomic mass is 10.2. The van der Waals surface area contributed by atoms with Crippen molar-refractivity contribution in [1.82, 2.24) is 0 Å². The minimum absolute atomic E-state index is 0.239. The van der Waals surface area contributed by atoms with Gasteiger partial charge < -0.3 is 5.32 Å². The van der Waals surface area contributed by atoms with Crippen LogP contribution in [0.25, 0.3) is 0 Å². The average Bonchev–Trinajstić information content (AvgIpc) is 2.39. The summed E-state index contributed by atoms with van der Waals surface area (Å²) in [5.74, 6) is -0.866. The van der Waals surface area contributed by atoms with Gasteiger partial charge in [0, 0.05) is 33.2 Å². The molecule has 1 atom stereocenters. The van der Waals surface area contributed by atoms with Crippen LogP contribution in [-0.4, -0.2) is 16.4 Å². The van der Waals surface area contributed by atoms with Crippen LogP contribution in [0, 0.1) is 5.82 Å². The van der Waals surface area contributed by atoms with Gasteiger partial charge in [-0.3, -0.25) is 9.00 Å². The first-order valence-corrected chi connectivity index (χ1v) is 7.12. The Labute approximate surface area is 112 Å². The second kappa shape index (κ2) is 5.75. The Balaban J connectivity index is 2.19. The summed E-state index contributed by atoms with van der Waals surface area (Å²) < 4.78 is 24.4. The minimum atomic E-state index is -1.11. The number of amides is 1. The van der Waals surface area contributed by atoms with Crippen LogP contribution in [0.3, 0.4) is 0 Å². The predicted molar refractivity (Wildman–Crippen MR) is 73.1 cm³/mol. The van der Waals surface area contributed by atoms with Crippen molar-refractivity contribution < 1.29 is 13.4 Å². The van der Waals surface area contributed by atoms with Gasteiger partial charge >= 0.3 is 0 Å². The average molecular weight is 277 g/mol. The van der Waals surface area contributed by atoms with Gasteiger partial charge in [0.25, 0.3) is 5.91 Å². The van der Waals surface area contributed by atoms with Crippen LogP contribution < -0.4 is 5.32 Å². The van der Waals surface area contributed by atoms with E-state index in [0.29, 0.717) is 10.6 Å². The molecule has 0 aliphatic carbocycles. The molecule has 0 spiro atoms. The highest BCUT2D eigenvalue weighted by Crippen LogP contribution is 2.14. The zero-order valence-electron chi connectivity index (χ0n) is 10.2. The van der Waals surface area contributed by atoms with E-state index in [1.165, 1.54) is 18.2 Å². The number of carbonyl (C=O) groups excluding carboxylic acids is 1. The summed E-state index contributed by atoms with van der Waals surface area (Å²) in [4.78, 5) is 12.5. The number of benzene rings is 2. The Hall–Kier alpha value is -2.01. The third kappa shape index (κ3) is 3.48. The van der Waals surface area contributed by atoms with E-state index < -0.39 is 22.5 Å². The van der Waals surface area contributed by atoms with Gasteiger partial charge in [-0.2, -0.15) is 0 Å². The normalized spacial score (nSPS) is 11.9. The number of anilines is 1. The monoisotopic (exact) mass is 277 g/mol. The SMILES string of the molecule is CS(=O)c1cccc(NC(=O)c2cccc(F)c2)c1. The van der Waals surface area contributed by atoms with E-state index >= 15 is 0 Å². The van der Waals surface area contributed by atoms with Gasteiger partial charge in [0.1, 0.15) is 5.82 Å². The third-order valence-corrected chi connectivity index (χ3v) is 3.43. The number of halogens is 1. The number of hydrogen-bond acceptors (Lipinski definition) is 2. The number of hydrogen-bond donors (Lipinski definition) is 1. The maximum absolute atomic E-state index is 13.0. The fraction of sp³-hybridized carbons (Fsp3) is 0.0714. The van der Waals surface area contributed by atoms with Gasteiger partial charge in [0.2, 0.25) is 0 Å². The molecular formula is C14H12FNO2S. The molecule has 0 saturated heterocycles. The largest absolute Gasteiger partial charge is 0.322 e. The highest BCUT2D eigenvalue weighted by atomic mass is 32.2. The molecule has 0 heterocycles. The topological polar surface area (TPSA) is 46.2 Å². The van der Waals surface area contributed by atoms with Crippen molar-refractivity contribution in [3.8, 4) is 0 Å². The first-order chi connectivity index (χ1) is 9.06. The molecule has 98 valence electrons. The fourth-order valence-electron chi connectivity index (χ4n) is 1.59. The minimum Gasteiger partial charge on any atom is -0.322 e. The van der Waals surface area contributed by atoms with Crippen LogP contribution in [0.15, 0.2) is 53.4 Å². The Bertz CT molecular complexity index is 643. The van der Waals surface area contributed by atoms with Crippen LogP contribution >= 0.6 is 0 Å². The summed E-state index contributed by atoms with van der Waals surface area (Å²) in [7, 11) is -1.11. The third-order valence-electron chi connectivity index (χ3n) is 2.51. The molecule has 0 radical (unpaired) electrons. The molecule has 0 saturated carbocycles. The lowest BCUT2D eigenvalue weighted by Crippen LogP contribution is -2.12. The summed E-state index contributed by atoms with van der Waals surface area (Å²) in [5.41, 5.74) is 0.769. The van der Waals surface area contributed by atoms with Gasteiger partial charge in [0.05, 0.1) is 0 Å². The van der Waals surface area contributed by atoms with Crippen molar-refractivity contribution >= 4 is 22.4 Å². The quantitative estimate of drug-likeness (QED) is 0.937. The highest BCUT2D eigenvalue weighted by Gasteiger charge is 2.07. The second-order valence-electron chi connectivity index (χ2n) is 3.95. The van der Waals surface area contributed by atoms with Gasteiger partial charge in [-0.05, 0) is 36.4 Å². The summed E-state index contributed by atoms with van der Waals surface area (Å²) >= 11 is 0. The van der Waals surface area contributed by atoms with E-state index in [2.05, 4.69) is 5.32 Å². The standard InChI is InChI=1S/C14H12FNO2S/c1-19(18)13-7-3-6-12(9-13)16-14(17)10-4-2-5-11(15)8-10/h2-9H,1H3,(H,16,17). The van der Waals surface area contributed by atoms with E-state index in [0.717, 1.165) is 6.07 Å². The second-order valence-corrected chi connectivity index (χ2v) is 5.33. The van der Waals surface area contributed by atoms with Crippen molar-refractivity contribution in [1.29, 1.82) is 0 Å². The maximum Gasteiger partial charge on any atom is 0.255 e. The van der Waals surface area contributed by atoms with E-state index in [1.807, 2.05) is 0 Å². The first-order valence-electron chi connectivity index (χ1n) is 5.56. The van der Waals surface area contributed by atoms with Crippen LogP contribution in [0.1, 0.15) is 10.4 Å². The molecule has 19 heavy (non-hydrogen) atoms. The van der Waals surface area contributed by atoms with Crippen molar-refractivity contribution in [2.75, 3.05) is 11.6 Å². The van der Waals surface area contributed by atoms with E-state index in [9.17, 15) is 13.4 Å². The maximum atomic E-state index is 13.0. The molecule has 1 unspecified atom stereocenters. The Morgan fingerprint density at radius 1 is 1.16 bits per heavy atom. The molecule has 0 aliphatic heterocycles. The summed E-state index contributed by atoms with van der Waals surface area (Å²) in [5, 5.41) is 2.64. The molecule has 2 rings (SSSR count). The Morgan fingerprint density at radius 3 is 2.58 bits per heavy atom. The smallest absolute Gasteiger partial charge is 0.255 e. The summed E-state index contributed by atoms with van der Waals surface area (Å²) in [6.45, 7) is 0. The van der Waals surface area contributed by atoms with E-state index in [1.54, 1.807) is 30.5 Å². The highest BCUT2D eigenvalue weighted by molar-refractivity contribution is 7.84. The van der Waals surface area contributed by atoms with Gasteiger partial charge in [-0.15, -0.1) is 0 Å². The lowest BCUT2D eigenvalue weighted by Gasteiger charge is -2.06. The van der Waals surface area contributed by atoms with Crippen LogP contribution in [0.4, 0.5) is 10.1 Å². The van der Waals surface area contributed by atoms with Gasteiger partial charge in [-0.1, -0.05) is 12.1 Å².